The van der Waals surface area contributed by atoms with Crippen LogP contribution in [0.1, 0.15) is 0 Å². The van der Waals surface area contributed by atoms with Gasteiger partial charge in [-0.05, 0) is 0 Å². The molecule has 1 heterocycles. The molecule has 4 aromatic carbocycles. The SMILES string of the molecule is CN1P(c2ccccc2)[Se]P(c2ccccc2)N(C)[P@@](c2ccccc2)[Se]P1c1ccccc1. The first-order valence-corrected chi connectivity index (χ1v) is 25.0. The zero-order valence-electron chi connectivity index (χ0n) is 19.0. The molecule has 1 aliphatic rings. The fraction of sp³-hybridized carbons (Fsp3) is 0.0769. The van der Waals surface area contributed by atoms with Gasteiger partial charge >= 0.3 is 221 Å². The van der Waals surface area contributed by atoms with Crippen LogP contribution in [-0.2, 0) is 0 Å². The summed E-state index contributed by atoms with van der Waals surface area (Å²) in [5.74, 6) is 0. The van der Waals surface area contributed by atoms with E-state index < -0.39 is 0 Å². The number of nitrogens with zero attached hydrogens (tertiary/aromatic N) is 2. The third kappa shape index (κ3) is 5.76. The van der Waals surface area contributed by atoms with E-state index in [9.17, 15) is 0 Å². The molecule has 0 amide bonds. The van der Waals surface area contributed by atoms with Crippen molar-refractivity contribution in [3.8, 4) is 0 Å². The van der Waals surface area contributed by atoms with Gasteiger partial charge in [-0.2, -0.15) is 0 Å². The molecular weight excluding hydrogens is 622 g/mol. The Morgan fingerprint density at radius 2 is 0.588 bits per heavy atom. The summed E-state index contributed by atoms with van der Waals surface area (Å²) < 4.78 is 5.69. The van der Waals surface area contributed by atoms with E-state index in [-0.39, 0.29) is 27.0 Å². The van der Waals surface area contributed by atoms with Crippen LogP contribution in [0.15, 0.2) is 121 Å². The molecule has 1 saturated heterocycles. The summed E-state index contributed by atoms with van der Waals surface area (Å²) in [5, 5.41) is 6.12. The molecule has 5 rings (SSSR count). The number of benzene rings is 4. The summed E-state index contributed by atoms with van der Waals surface area (Å²) in [5.41, 5.74) is 0. The molecule has 0 saturated carbocycles. The first-order valence-electron chi connectivity index (χ1n) is 11.0. The van der Waals surface area contributed by atoms with E-state index in [1.807, 2.05) is 0 Å². The molecule has 2 nitrogen and oxygen atoms in total. The van der Waals surface area contributed by atoms with Gasteiger partial charge in [0.05, 0.1) is 0 Å². The van der Waals surface area contributed by atoms with Crippen molar-refractivity contribution >= 4 is 76.4 Å². The van der Waals surface area contributed by atoms with Crippen molar-refractivity contribution in [3.63, 3.8) is 0 Å². The summed E-state index contributed by atoms with van der Waals surface area (Å²) in [6.07, 6.45) is 0. The summed E-state index contributed by atoms with van der Waals surface area (Å²) in [6.45, 7) is -1.50. The van der Waals surface area contributed by atoms with Crippen molar-refractivity contribution in [3.05, 3.63) is 121 Å². The van der Waals surface area contributed by atoms with E-state index in [1.165, 1.54) is 21.2 Å². The van der Waals surface area contributed by atoms with Crippen molar-refractivity contribution in [2.75, 3.05) is 14.1 Å². The Balaban J connectivity index is 1.64. The third-order valence-corrected chi connectivity index (χ3v) is 41.4. The maximum absolute atomic E-state index is 2.85. The fourth-order valence-corrected chi connectivity index (χ4v) is 53.0. The summed E-state index contributed by atoms with van der Waals surface area (Å²) >= 11 is 0.913. The Morgan fingerprint density at radius 1 is 0.382 bits per heavy atom. The van der Waals surface area contributed by atoms with Gasteiger partial charge in [-0.15, -0.1) is 0 Å². The predicted octanol–water partition coefficient (Wildman–Crippen LogP) is 5.82. The molecule has 34 heavy (non-hydrogen) atoms. The van der Waals surface area contributed by atoms with Crippen molar-refractivity contribution in [2.24, 2.45) is 0 Å². The van der Waals surface area contributed by atoms with Crippen LogP contribution < -0.4 is 21.2 Å². The van der Waals surface area contributed by atoms with Gasteiger partial charge < -0.3 is 0 Å². The quantitative estimate of drug-likeness (QED) is 0.204. The van der Waals surface area contributed by atoms with Gasteiger partial charge in [0.1, 0.15) is 0 Å². The van der Waals surface area contributed by atoms with Crippen LogP contribution in [0.5, 0.6) is 0 Å². The number of rotatable bonds is 4. The third-order valence-electron chi connectivity index (χ3n) is 5.27. The molecule has 0 N–H and O–H groups in total. The van der Waals surface area contributed by atoms with Gasteiger partial charge in [-0.1, -0.05) is 0 Å². The molecule has 8 heteroatoms. The molecule has 1 aliphatic heterocycles. The average molecular weight is 648 g/mol. The molecule has 0 aromatic heterocycles. The van der Waals surface area contributed by atoms with E-state index in [0.717, 1.165) is 0 Å². The summed E-state index contributed by atoms with van der Waals surface area (Å²) in [6, 6.07) is 45.4. The van der Waals surface area contributed by atoms with Crippen LogP contribution in [0.2, 0.25) is 0 Å². The van der Waals surface area contributed by atoms with Crippen molar-refractivity contribution in [1.82, 2.24) is 8.88 Å². The molecule has 1 fully saturated rings. The van der Waals surface area contributed by atoms with Gasteiger partial charge in [-0.25, -0.2) is 0 Å². The molecule has 172 valence electrons. The van der Waals surface area contributed by atoms with E-state index >= 15 is 0 Å². The predicted molar refractivity (Wildman–Crippen MR) is 159 cm³/mol. The van der Waals surface area contributed by atoms with Crippen molar-refractivity contribution < 1.29 is 0 Å². The van der Waals surface area contributed by atoms with Gasteiger partial charge in [0.15, 0.2) is 0 Å². The van der Waals surface area contributed by atoms with E-state index in [4.69, 9.17) is 0 Å². The van der Waals surface area contributed by atoms with Crippen LogP contribution in [-0.4, -0.2) is 51.1 Å². The summed E-state index contributed by atoms with van der Waals surface area (Å²) in [7, 11) is 4.87. The van der Waals surface area contributed by atoms with Gasteiger partial charge in [-0.3, -0.25) is 0 Å². The molecule has 0 aliphatic carbocycles. The number of hydrogen-bond acceptors (Lipinski definition) is 2. The molecular formula is C26H26N2P4Se2. The fourth-order valence-electron chi connectivity index (χ4n) is 3.58. The number of hydrogen-bond donors (Lipinski definition) is 0. The normalized spacial score (nSPS) is 24.3. The molecule has 3 unspecified atom stereocenters. The Morgan fingerprint density at radius 3 is 0.794 bits per heavy atom. The second-order valence-electron chi connectivity index (χ2n) is 7.58. The van der Waals surface area contributed by atoms with Gasteiger partial charge in [0, 0.05) is 0 Å². The summed E-state index contributed by atoms with van der Waals surface area (Å²) in [4.78, 5) is 0. The van der Waals surface area contributed by atoms with Crippen molar-refractivity contribution in [1.29, 1.82) is 0 Å². The molecule has 0 radical (unpaired) electrons. The molecule has 0 spiro atoms. The van der Waals surface area contributed by atoms with Gasteiger partial charge in [0.25, 0.3) is 0 Å². The maximum atomic E-state index is 2.85. The van der Waals surface area contributed by atoms with Crippen LogP contribution in [0.25, 0.3) is 0 Å². The Kier molecular flexibility index (Phi) is 9.05. The standard InChI is InChI=1S/C26H26N2P4Se2/c1-27-29(23-15-7-3-8-16-23)33-31(25-19-11-5-12-20-25)28(2)32(26-21-13-6-14-22-26)34-30(27)24-17-9-4-10-18-24/h3-22H,1-2H3/t29-,30?,31?,32?/m1/s1. The van der Waals surface area contributed by atoms with E-state index in [0.29, 0.717) is 28.1 Å². The van der Waals surface area contributed by atoms with E-state index in [1.54, 1.807) is 0 Å². The van der Waals surface area contributed by atoms with Crippen LogP contribution in [0.3, 0.4) is 0 Å². The van der Waals surface area contributed by atoms with Gasteiger partial charge in [0.2, 0.25) is 0 Å². The van der Waals surface area contributed by atoms with Crippen LogP contribution >= 0.6 is 27.0 Å². The molecule has 0 bridgehead atoms. The Labute approximate surface area is 219 Å². The second kappa shape index (κ2) is 12.2. The molecule has 4 atom stereocenters. The minimum absolute atomic E-state index is 0.374. The molecule has 4 aromatic rings. The first-order chi connectivity index (χ1) is 16.7. The van der Waals surface area contributed by atoms with Crippen molar-refractivity contribution in [2.45, 2.75) is 0 Å². The van der Waals surface area contributed by atoms with E-state index in [2.05, 4.69) is 144 Å². The Bertz CT molecular complexity index is 987. The average Bonchev–Trinajstić information content (AvgIpc) is 2.90. The van der Waals surface area contributed by atoms with Crippen LogP contribution in [0, 0.1) is 0 Å². The zero-order chi connectivity index (χ0) is 23.3. The first kappa shape index (κ1) is 25.2. The topological polar surface area (TPSA) is 6.48 Å². The Hall–Kier alpha value is -0.441. The second-order valence-corrected chi connectivity index (χ2v) is 31.0. The van der Waals surface area contributed by atoms with Crippen LogP contribution in [0.4, 0.5) is 0 Å². The zero-order valence-corrected chi connectivity index (χ0v) is 26.1. The monoisotopic (exact) mass is 650 g/mol. The minimum atomic E-state index is -0.374.